The Morgan fingerprint density at radius 2 is 2.14 bits per heavy atom. The fraction of sp³-hybridized carbons (Fsp3) is 0.588. The van der Waals surface area contributed by atoms with Crippen LogP contribution in [0, 0.1) is 11.6 Å². The predicted molar refractivity (Wildman–Crippen MR) is 82.3 cm³/mol. The van der Waals surface area contributed by atoms with Crippen LogP contribution in [-0.4, -0.2) is 29.9 Å². The standard InChI is InChI=1S/C17H24F2N2O/c18-14-7-8-16(19)13(12-14)4-3-6-17(22)21-11-2-1-5-15(21)9-10-20/h7-8,12,15H,1-6,9-11,20H2. The van der Waals surface area contributed by atoms with Gasteiger partial charge in [0.25, 0.3) is 0 Å². The van der Waals surface area contributed by atoms with Gasteiger partial charge in [-0.25, -0.2) is 8.78 Å². The van der Waals surface area contributed by atoms with E-state index in [0.29, 0.717) is 31.4 Å². The van der Waals surface area contributed by atoms with E-state index in [4.69, 9.17) is 5.73 Å². The number of hydrogen-bond acceptors (Lipinski definition) is 2. The van der Waals surface area contributed by atoms with Crippen molar-refractivity contribution in [2.24, 2.45) is 5.73 Å². The molecule has 0 bridgehead atoms. The van der Waals surface area contributed by atoms with Crippen molar-refractivity contribution in [2.45, 2.75) is 51.0 Å². The fourth-order valence-electron chi connectivity index (χ4n) is 3.13. The summed E-state index contributed by atoms with van der Waals surface area (Å²) in [5.41, 5.74) is 5.95. The number of carbonyl (C=O) groups is 1. The molecule has 1 heterocycles. The molecule has 0 aromatic heterocycles. The van der Waals surface area contributed by atoms with Gasteiger partial charge in [-0.1, -0.05) is 0 Å². The summed E-state index contributed by atoms with van der Waals surface area (Å²) in [4.78, 5) is 14.3. The minimum atomic E-state index is -0.443. The SMILES string of the molecule is NCCC1CCCCN1C(=O)CCCc1cc(F)ccc1F. The molecular weight excluding hydrogens is 286 g/mol. The second kappa shape index (κ2) is 8.22. The first-order valence-electron chi connectivity index (χ1n) is 8.05. The molecule has 3 nitrogen and oxygen atoms in total. The van der Waals surface area contributed by atoms with Crippen LogP contribution in [0.2, 0.25) is 0 Å². The van der Waals surface area contributed by atoms with Crippen molar-refractivity contribution in [3.05, 3.63) is 35.4 Å². The van der Waals surface area contributed by atoms with Crippen LogP contribution < -0.4 is 5.73 Å². The minimum Gasteiger partial charge on any atom is -0.340 e. The van der Waals surface area contributed by atoms with Gasteiger partial charge in [-0.3, -0.25) is 4.79 Å². The van der Waals surface area contributed by atoms with Crippen LogP contribution in [0.5, 0.6) is 0 Å². The Kier molecular flexibility index (Phi) is 6.31. The number of benzene rings is 1. The van der Waals surface area contributed by atoms with Crippen molar-refractivity contribution in [1.82, 2.24) is 4.90 Å². The number of amides is 1. The zero-order valence-electron chi connectivity index (χ0n) is 12.9. The Bertz CT molecular complexity index is 505. The third kappa shape index (κ3) is 4.50. The Hall–Kier alpha value is -1.49. The lowest BCUT2D eigenvalue weighted by molar-refractivity contribution is -0.135. The van der Waals surface area contributed by atoms with Gasteiger partial charge in [-0.05, 0) is 68.8 Å². The van der Waals surface area contributed by atoms with E-state index >= 15 is 0 Å². The van der Waals surface area contributed by atoms with E-state index in [-0.39, 0.29) is 11.9 Å². The molecule has 1 aliphatic rings. The molecule has 2 rings (SSSR count). The Balaban J connectivity index is 1.85. The van der Waals surface area contributed by atoms with Gasteiger partial charge < -0.3 is 10.6 Å². The average Bonchev–Trinajstić information content (AvgIpc) is 2.51. The number of aryl methyl sites for hydroxylation is 1. The number of piperidine rings is 1. The topological polar surface area (TPSA) is 46.3 Å². The summed E-state index contributed by atoms with van der Waals surface area (Å²) < 4.78 is 26.6. The van der Waals surface area contributed by atoms with Crippen molar-refractivity contribution in [3.63, 3.8) is 0 Å². The first-order chi connectivity index (χ1) is 10.6. The molecule has 0 saturated carbocycles. The summed E-state index contributed by atoms with van der Waals surface area (Å²) in [6, 6.07) is 3.69. The number of nitrogens with zero attached hydrogens (tertiary/aromatic N) is 1. The molecule has 1 fully saturated rings. The maximum atomic E-state index is 13.5. The van der Waals surface area contributed by atoms with Crippen molar-refractivity contribution in [1.29, 1.82) is 0 Å². The Morgan fingerprint density at radius 1 is 1.32 bits per heavy atom. The number of carbonyl (C=O) groups excluding carboxylic acids is 1. The van der Waals surface area contributed by atoms with E-state index < -0.39 is 11.6 Å². The summed E-state index contributed by atoms with van der Waals surface area (Å²) in [6.45, 7) is 1.38. The maximum Gasteiger partial charge on any atom is 0.222 e. The fourth-order valence-corrected chi connectivity index (χ4v) is 3.13. The summed E-state index contributed by atoms with van der Waals surface area (Å²) in [6.07, 6.45) is 5.31. The molecule has 0 spiro atoms. The molecule has 1 amide bonds. The van der Waals surface area contributed by atoms with E-state index in [1.54, 1.807) is 0 Å². The van der Waals surface area contributed by atoms with E-state index in [1.165, 1.54) is 6.07 Å². The van der Waals surface area contributed by atoms with E-state index in [1.807, 2.05) is 4.90 Å². The third-order valence-electron chi connectivity index (χ3n) is 4.29. The van der Waals surface area contributed by atoms with Crippen LogP contribution in [0.1, 0.15) is 44.1 Å². The first kappa shape index (κ1) is 16.9. The molecule has 0 radical (unpaired) electrons. The normalized spacial score (nSPS) is 18.5. The van der Waals surface area contributed by atoms with Gasteiger partial charge in [-0.2, -0.15) is 0 Å². The van der Waals surface area contributed by atoms with Crippen molar-refractivity contribution in [3.8, 4) is 0 Å². The lowest BCUT2D eigenvalue weighted by Gasteiger charge is -2.35. The molecule has 1 saturated heterocycles. The highest BCUT2D eigenvalue weighted by Gasteiger charge is 2.25. The molecule has 1 atom stereocenters. The lowest BCUT2D eigenvalue weighted by Crippen LogP contribution is -2.44. The van der Waals surface area contributed by atoms with Gasteiger partial charge in [-0.15, -0.1) is 0 Å². The maximum absolute atomic E-state index is 13.5. The smallest absolute Gasteiger partial charge is 0.222 e. The quantitative estimate of drug-likeness (QED) is 0.878. The highest BCUT2D eigenvalue weighted by atomic mass is 19.1. The second-order valence-corrected chi connectivity index (χ2v) is 5.90. The Morgan fingerprint density at radius 3 is 2.91 bits per heavy atom. The van der Waals surface area contributed by atoms with Gasteiger partial charge in [0.05, 0.1) is 0 Å². The van der Waals surface area contributed by atoms with Crippen molar-refractivity contribution >= 4 is 5.91 Å². The molecule has 5 heteroatoms. The molecule has 122 valence electrons. The molecule has 1 aromatic carbocycles. The summed E-state index contributed by atoms with van der Waals surface area (Å²) in [7, 11) is 0. The summed E-state index contributed by atoms with van der Waals surface area (Å²) >= 11 is 0. The minimum absolute atomic E-state index is 0.106. The molecule has 1 aromatic rings. The number of hydrogen-bond donors (Lipinski definition) is 1. The molecule has 0 aliphatic carbocycles. The third-order valence-corrected chi connectivity index (χ3v) is 4.29. The summed E-state index contributed by atoms with van der Waals surface area (Å²) in [5, 5.41) is 0. The molecule has 1 unspecified atom stereocenters. The van der Waals surface area contributed by atoms with Crippen LogP contribution in [0.4, 0.5) is 8.78 Å². The van der Waals surface area contributed by atoms with E-state index in [2.05, 4.69) is 0 Å². The van der Waals surface area contributed by atoms with Gasteiger partial charge in [0.15, 0.2) is 0 Å². The molecule has 22 heavy (non-hydrogen) atoms. The van der Waals surface area contributed by atoms with Crippen LogP contribution in [0.15, 0.2) is 18.2 Å². The highest BCUT2D eigenvalue weighted by Crippen LogP contribution is 2.21. The zero-order valence-corrected chi connectivity index (χ0v) is 12.9. The Labute approximate surface area is 130 Å². The zero-order chi connectivity index (χ0) is 15.9. The monoisotopic (exact) mass is 310 g/mol. The number of nitrogens with two attached hydrogens (primary N) is 1. The van der Waals surface area contributed by atoms with Crippen LogP contribution in [0.25, 0.3) is 0 Å². The largest absolute Gasteiger partial charge is 0.340 e. The van der Waals surface area contributed by atoms with Crippen molar-refractivity contribution < 1.29 is 13.6 Å². The van der Waals surface area contributed by atoms with Crippen LogP contribution in [0.3, 0.4) is 0 Å². The van der Waals surface area contributed by atoms with Gasteiger partial charge >= 0.3 is 0 Å². The van der Waals surface area contributed by atoms with E-state index in [9.17, 15) is 13.6 Å². The highest BCUT2D eigenvalue weighted by molar-refractivity contribution is 5.76. The second-order valence-electron chi connectivity index (χ2n) is 5.90. The van der Waals surface area contributed by atoms with Gasteiger partial charge in [0, 0.05) is 19.0 Å². The molecular formula is C17H24F2N2O. The predicted octanol–water partition coefficient (Wildman–Crippen LogP) is 3.02. The first-order valence-corrected chi connectivity index (χ1v) is 8.05. The number of halogens is 2. The summed E-state index contributed by atoms with van der Waals surface area (Å²) in [5.74, 6) is -0.746. The molecule has 1 aliphatic heterocycles. The molecule has 2 N–H and O–H groups in total. The van der Waals surface area contributed by atoms with Crippen LogP contribution >= 0.6 is 0 Å². The number of likely N-dealkylation sites (tertiary alicyclic amines) is 1. The number of rotatable bonds is 6. The van der Waals surface area contributed by atoms with Gasteiger partial charge in [0.2, 0.25) is 5.91 Å². The van der Waals surface area contributed by atoms with E-state index in [0.717, 1.165) is 44.4 Å². The lowest BCUT2D eigenvalue weighted by atomic mass is 9.98. The van der Waals surface area contributed by atoms with Crippen molar-refractivity contribution in [2.75, 3.05) is 13.1 Å². The average molecular weight is 310 g/mol. The van der Waals surface area contributed by atoms with Crippen LogP contribution in [-0.2, 0) is 11.2 Å². The van der Waals surface area contributed by atoms with Gasteiger partial charge in [0.1, 0.15) is 11.6 Å².